The monoisotopic (exact) mass is 444 g/mol. The number of nitrogen functional groups attached to an aromatic ring is 1. The van der Waals surface area contributed by atoms with Crippen LogP contribution >= 0.6 is 11.6 Å². The number of carbonyl (C=O) groups is 3. The maximum atomic E-state index is 12.8. The Bertz CT molecular complexity index is 1000. The van der Waals surface area contributed by atoms with Crippen LogP contribution in [0.1, 0.15) is 19.3 Å². The number of hydrogen-bond acceptors (Lipinski definition) is 6. The summed E-state index contributed by atoms with van der Waals surface area (Å²) in [6.45, 7) is 2.64. The molecule has 0 saturated carbocycles. The van der Waals surface area contributed by atoms with Gasteiger partial charge in [-0.05, 0) is 37.5 Å². The van der Waals surface area contributed by atoms with E-state index in [1.165, 1.54) is 0 Å². The summed E-state index contributed by atoms with van der Waals surface area (Å²) in [6, 6.07) is 6.43. The lowest BCUT2D eigenvalue weighted by Crippen LogP contribution is -2.56. The molecule has 3 heterocycles. The third-order valence-electron chi connectivity index (χ3n) is 5.83. The number of aromatic nitrogens is 1. The molecule has 4 amide bonds. The van der Waals surface area contributed by atoms with Gasteiger partial charge in [0.1, 0.15) is 11.9 Å². The molecule has 2 fully saturated rings. The highest BCUT2D eigenvalue weighted by Gasteiger charge is 2.30. The van der Waals surface area contributed by atoms with Gasteiger partial charge in [0.05, 0.1) is 5.52 Å². The van der Waals surface area contributed by atoms with Gasteiger partial charge < -0.3 is 20.9 Å². The topological polar surface area (TPSA) is 112 Å². The number of halogens is 1. The largest absolute Gasteiger partial charge is 0.384 e. The molecule has 2 aliphatic rings. The summed E-state index contributed by atoms with van der Waals surface area (Å²) < 4.78 is 0. The van der Waals surface area contributed by atoms with Crippen LogP contribution in [0.5, 0.6) is 0 Å². The lowest BCUT2D eigenvalue weighted by atomic mass is 10.1. The molecule has 9 nitrogen and oxygen atoms in total. The predicted molar refractivity (Wildman–Crippen MR) is 119 cm³/mol. The number of likely N-dealkylation sites (tertiary alicyclic amines) is 1. The number of piperazine rings is 1. The zero-order valence-electron chi connectivity index (χ0n) is 17.1. The summed E-state index contributed by atoms with van der Waals surface area (Å²) in [6.07, 6.45) is 2.63. The van der Waals surface area contributed by atoms with Crippen molar-refractivity contribution in [2.45, 2.75) is 25.3 Å². The van der Waals surface area contributed by atoms with E-state index in [0.717, 1.165) is 34.3 Å². The van der Waals surface area contributed by atoms with Crippen molar-refractivity contribution in [3.8, 4) is 0 Å². The number of fused-ring (bicyclic) bond motifs is 1. The first-order valence-electron chi connectivity index (χ1n) is 10.4. The van der Waals surface area contributed by atoms with E-state index in [2.05, 4.69) is 15.2 Å². The molecule has 2 saturated heterocycles. The summed E-state index contributed by atoms with van der Waals surface area (Å²) in [5.41, 5.74) is 7.68. The van der Waals surface area contributed by atoms with Gasteiger partial charge in [-0.25, -0.2) is 9.78 Å². The van der Waals surface area contributed by atoms with Crippen molar-refractivity contribution < 1.29 is 14.4 Å². The van der Waals surface area contributed by atoms with Crippen LogP contribution in [-0.4, -0.2) is 71.9 Å². The molecule has 164 valence electrons. The molecule has 1 unspecified atom stereocenters. The third kappa shape index (κ3) is 4.51. The van der Waals surface area contributed by atoms with Gasteiger partial charge in [-0.1, -0.05) is 11.6 Å². The van der Waals surface area contributed by atoms with Gasteiger partial charge in [0.2, 0.25) is 6.41 Å². The molecule has 1 aromatic carbocycles. The van der Waals surface area contributed by atoms with E-state index in [-0.39, 0.29) is 11.9 Å². The molecule has 0 aliphatic carbocycles. The van der Waals surface area contributed by atoms with Crippen molar-refractivity contribution in [2.75, 3.05) is 43.4 Å². The average molecular weight is 445 g/mol. The highest BCUT2D eigenvalue weighted by atomic mass is 35.5. The van der Waals surface area contributed by atoms with Gasteiger partial charge in [0, 0.05) is 54.9 Å². The van der Waals surface area contributed by atoms with E-state index in [4.69, 9.17) is 17.3 Å². The second-order valence-corrected chi connectivity index (χ2v) is 8.27. The average Bonchev–Trinajstić information content (AvgIpc) is 2.94. The van der Waals surface area contributed by atoms with Gasteiger partial charge in [-0.15, -0.1) is 0 Å². The van der Waals surface area contributed by atoms with E-state index in [1.807, 2.05) is 18.2 Å². The molecule has 3 N–H and O–H groups in total. The summed E-state index contributed by atoms with van der Waals surface area (Å²) in [5.74, 6) is 0.0772. The molecule has 1 atom stereocenters. The number of nitrogens with zero attached hydrogens (tertiary/aromatic N) is 4. The molecule has 31 heavy (non-hydrogen) atoms. The van der Waals surface area contributed by atoms with E-state index in [9.17, 15) is 14.4 Å². The second kappa shape index (κ2) is 8.97. The summed E-state index contributed by atoms with van der Waals surface area (Å²) in [4.78, 5) is 45.7. The Morgan fingerprint density at radius 3 is 2.68 bits per heavy atom. The molecule has 10 heteroatoms. The van der Waals surface area contributed by atoms with Crippen LogP contribution in [0.4, 0.5) is 16.3 Å². The van der Waals surface area contributed by atoms with Gasteiger partial charge in [0.15, 0.2) is 0 Å². The summed E-state index contributed by atoms with van der Waals surface area (Å²) >= 11 is 6.09. The molecule has 0 radical (unpaired) electrons. The maximum Gasteiger partial charge on any atom is 0.318 e. The smallest absolute Gasteiger partial charge is 0.318 e. The Morgan fingerprint density at radius 2 is 1.94 bits per heavy atom. The Labute approximate surface area is 185 Å². The SMILES string of the molecule is Nc1cc(N2CCN(C(=O)NC3CCCCN(C=O)C3=O)CC2)c2ccc(Cl)cc2n1. The quantitative estimate of drug-likeness (QED) is 0.698. The second-order valence-electron chi connectivity index (χ2n) is 7.84. The minimum atomic E-state index is -0.660. The van der Waals surface area contributed by atoms with Crippen molar-refractivity contribution in [1.82, 2.24) is 20.1 Å². The molecule has 2 aromatic rings. The van der Waals surface area contributed by atoms with Gasteiger partial charge in [-0.3, -0.25) is 14.5 Å². The number of benzene rings is 1. The number of hydrogen-bond donors (Lipinski definition) is 2. The lowest BCUT2D eigenvalue weighted by molar-refractivity contribution is -0.139. The Kier molecular flexibility index (Phi) is 6.13. The highest BCUT2D eigenvalue weighted by molar-refractivity contribution is 6.31. The van der Waals surface area contributed by atoms with E-state index in [1.54, 1.807) is 11.0 Å². The van der Waals surface area contributed by atoms with Gasteiger partial charge in [0.25, 0.3) is 5.91 Å². The van der Waals surface area contributed by atoms with Crippen molar-refractivity contribution in [2.24, 2.45) is 0 Å². The Morgan fingerprint density at radius 1 is 1.16 bits per heavy atom. The zero-order valence-corrected chi connectivity index (χ0v) is 17.8. The number of urea groups is 1. The first-order valence-corrected chi connectivity index (χ1v) is 10.8. The van der Waals surface area contributed by atoms with Crippen molar-refractivity contribution in [3.63, 3.8) is 0 Å². The van der Waals surface area contributed by atoms with Crippen LogP contribution < -0.4 is 16.0 Å². The van der Waals surface area contributed by atoms with Gasteiger partial charge in [-0.2, -0.15) is 0 Å². The molecular formula is C21H25ClN6O3. The van der Waals surface area contributed by atoms with Crippen molar-refractivity contribution in [1.29, 1.82) is 0 Å². The molecule has 0 bridgehead atoms. The minimum absolute atomic E-state index is 0.281. The van der Waals surface area contributed by atoms with Crippen LogP contribution in [0.3, 0.4) is 0 Å². The Balaban J connectivity index is 1.42. The summed E-state index contributed by atoms with van der Waals surface area (Å²) in [7, 11) is 0. The molecule has 1 aromatic heterocycles. The molecular weight excluding hydrogens is 420 g/mol. The van der Waals surface area contributed by atoms with Crippen molar-refractivity contribution >= 4 is 52.4 Å². The van der Waals surface area contributed by atoms with E-state index >= 15 is 0 Å². The summed E-state index contributed by atoms with van der Waals surface area (Å²) in [5, 5.41) is 4.37. The van der Waals surface area contributed by atoms with Crippen LogP contribution in [0.15, 0.2) is 24.3 Å². The van der Waals surface area contributed by atoms with E-state index in [0.29, 0.717) is 56.4 Å². The first kappa shape index (κ1) is 21.2. The fourth-order valence-corrected chi connectivity index (χ4v) is 4.32. The molecule has 0 spiro atoms. The number of nitrogens with two attached hydrogens (primary N) is 1. The normalized spacial score (nSPS) is 20.0. The standard InChI is InChI=1S/C21H25ClN6O3/c22-14-4-5-15-17(11-14)24-19(23)12-18(15)26-7-9-27(10-8-26)21(31)25-16-3-1-2-6-28(13-29)20(16)30/h4-5,11-13,16H,1-3,6-10H2,(H2,23,24)(H,25,31). The number of rotatable bonds is 3. The fraction of sp³-hybridized carbons (Fsp3) is 0.429. The third-order valence-corrected chi connectivity index (χ3v) is 6.06. The van der Waals surface area contributed by atoms with Crippen LogP contribution in [0.2, 0.25) is 5.02 Å². The number of imide groups is 1. The number of anilines is 2. The number of carbonyl (C=O) groups excluding carboxylic acids is 3. The predicted octanol–water partition coefficient (Wildman–Crippen LogP) is 1.84. The Hall–Kier alpha value is -3.07. The zero-order chi connectivity index (χ0) is 22.0. The highest BCUT2D eigenvalue weighted by Crippen LogP contribution is 2.30. The van der Waals surface area contributed by atoms with E-state index < -0.39 is 6.04 Å². The van der Waals surface area contributed by atoms with Crippen LogP contribution in [0.25, 0.3) is 10.9 Å². The lowest BCUT2D eigenvalue weighted by Gasteiger charge is -2.37. The first-order chi connectivity index (χ1) is 15.0. The molecule has 2 aliphatic heterocycles. The number of amides is 4. The maximum absolute atomic E-state index is 12.8. The molecule has 4 rings (SSSR count). The fourth-order valence-electron chi connectivity index (χ4n) is 4.16. The minimum Gasteiger partial charge on any atom is -0.384 e. The van der Waals surface area contributed by atoms with Crippen molar-refractivity contribution in [3.05, 3.63) is 29.3 Å². The number of pyridine rings is 1. The van der Waals surface area contributed by atoms with Gasteiger partial charge >= 0.3 is 6.03 Å². The van der Waals surface area contributed by atoms with Crippen LogP contribution in [0, 0.1) is 0 Å². The van der Waals surface area contributed by atoms with Crippen LogP contribution in [-0.2, 0) is 9.59 Å². The number of nitrogens with one attached hydrogen (secondary N) is 1.